The van der Waals surface area contributed by atoms with Gasteiger partial charge in [0.25, 0.3) is 5.91 Å². The van der Waals surface area contributed by atoms with Crippen molar-refractivity contribution >= 4 is 39.7 Å². The molecule has 0 unspecified atom stereocenters. The standard InChI is InChI=1S/C17H20ClN3OS/c1-11-7-9-21(10-8-11)16(22)15-12(2)23-17(20-15)19-14-6-4-3-5-13(14)18/h3-6,11H,7-10H2,1-2H3,(H,19,20). The number of aryl methyl sites for hydroxylation is 1. The van der Waals surface area contributed by atoms with Crippen molar-refractivity contribution in [1.82, 2.24) is 9.88 Å². The van der Waals surface area contributed by atoms with Crippen molar-refractivity contribution in [3.8, 4) is 0 Å². The summed E-state index contributed by atoms with van der Waals surface area (Å²) in [7, 11) is 0. The molecule has 1 aliphatic rings. The van der Waals surface area contributed by atoms with E-state index in [9.17, 15) is 4.79 Å². The number of halogens is 1. The van der Waals surface area contributed by atoms with Crippen molar-refractivity contribution < 1.29 is 4.79 Å². The number of aromatic nitrogens is 1. The summed E-state index contributed by atoms with van der Waals surface area (Å²) < 4.78 is 0. The monoisotopic (exact) mass is 349 g/mol. The predicted octanol–water partition coefficient (Wildman–Crippen LogP) is 4.72. The van der Waals surface area contributed by atoms with E-state index >= 15 is 0 Å². The molecule has 1 amide bonds. The van der Waals surface area contributed by atoms with Crippen LogP contribution in [0, 0.1) is 12.8 Å². The highest BCUT2D eigenvalue weighted by Crippen LogP contribution is 2.30. The van der Waals surface area contributed by atoms with Gasteiger partial charge in [0.1, 0.15) is 5.69 Å². The number of carbonyl (C=O) groups is 1. The number of amides is 1. The zero-order valence-electron chi connectivity index (χ0n) is 13.3. The van der Waals surface area contributed by atoms with Crippen molar-refractivity contribution in [2.75, 3.05) is 18.4 Å². The van der Waals surface area contributed by atoms with Crippen LogP contribution in [0.2, 0.25) is 5.02 Å². The van der Waals surface area contributed by atoms with Crippen LogP contribution in [-0.2, 0) is 0 Å². The Morgan fingerprint density at radius 3 is 2.74 bits per heavy atom. The maximum Gasteiger partial charge on any atom is 0.273 e. The van der Waals surface area contributed by atoms with Crippen molar-refractivity contribution in [3.63, 3.8) is 0 Å². The smallest absolute Gasteiger partial charge is 0.273 e. The Hall–Kier alpha value is -1.59. The average Bonchev–Trinajstić information content (AvgIpc) is 2.90. The van der Waals surface area contributed by atoms with E-state index in [0.717, 1.165) is 36.5 Å². The highest BCUT2D eigenvalue weighted by Gasteiger charge is 2.25. The zero-order valence-corrected chi connectivity index (χ0v) is 14.9. The number of likely N-dealkylation sites (tertiary alicyclic amines) is 1. The van der Waals surface area contributed by atoms with E-state index in [2.05, 4.69) is 17.2 Å². The lowest BCUT2D eigenvalue weighted by atomic mass is 9.99. The quantitative estimate of drug-likeness (QED) is 0.871. The normalized spacial score (nSPS) is 15.7. The summed E-state index contributed by atoms with van der Waals surface area (Å²) in [4.78, 5) is 20.0. The molecule has 0 saturated carbocycles. The van der Waals surface area contributed by atoms with Gasteiger partial charge in [-0.1, -0.05) is 30.7 Å². The van der Waals surface area contributed by atoms with Crippen molar-refractivity contribution in [2.24, 2.45) is 5.92 Å². The number of rotatable bonds is 3. The number of hydrogen-bond acceptors (Lipinski definition) is 4. The van der Waals surface area contributed by atoms with Gasteiger partial charge in [0.05, 0.1) is 10.7 Å². The number of hydrogen-bond donors (Lipinski definition) is 1. The molecule has 2 aromatic rings. The third kappa shape index (κ3) is 3.67. The topological polar surface area (TPSA) is 45.2 Å². The number of thiazole rings is 1. The summed E-state index contributed by atoms with van der Waals surface area (Å²) in [6.45, 7) is 5.82. The molecule has 0 aliphatic carbocycles. The lowest BCUT2D eigenvalue weighted by Crippen LogP contribution is -2.38. The summed E-state index contributed by atoms with van der Waals surface area (Å²) in [5.41, 5.74) is 1.35. The minimum atomic E-state index is 0.0397. The molecule has 0 radical (unpaired) electrons. The van der Waals surface area contributed by atoms with Gasteiger partial charge in [-0.15, -0.1) is 11.3 Å². The molecule has 0 bridgehead atoms. The highest BCUT2D eigenvalue weighted by molar-refractivity contribution is 7.15. The van der Waals surface area contributed by atoms with Crippen LogP contribution in [0.25, 0.3) is 0 Å². The van der Waals surface area contributed by atoms with Crippen LogP contribution in [0.4, 0.5) is 10.8 Å². The van der Waals surface area contributed by atoms with E-state index < -0.39 is 0 Å². The first-order valence-corrected chi connectivity index (χ1v) is 9.02. The van der Waals surface area contributed by atoms with Crippen LogP contribution in [0.1, 0.15) is 35.1 Å². The number of nitrogens with one attached hydrogen (secondary N) is 1. The second-order valence-corrected chi connectivity index (χ2v) is 7.61. The van der Waals surface area contributed by atoms with Gasteiger partial charge in [-0.2, -0.15) is 0 Å². The van der Waals surface area contributed by atoms with Gasteiger partial charge >= 0.3 is 0 Å². The van der Waals surface area contributed by atoms with Gasteiger partial charge in [0.15, 0.2) is 5.13 Å². The molecule has 1 fully saturated rings. The fourth-order valence-electron chi connectivity index (χ4n) is 2.69. The van der Waals surface area contributed by atoms with Crippen molar-refractivity contribution in [3.05, 3.63) is 39.9 Å². The molecule has 0 spiro atoms. The number of nitrogens with zero attached hydrogens (tertiary/aromatic N) is 2. The Bertz CT molecular complexity index is 708. The molecule has 1 saturated heterocycles. The largest absolute Gasteiger partial charge is 0.337 e. The van der Waals surface area contributed by atoms with Crippen LogP contribution < -0.4 is 5.32 Å². The number of piperidine rings is 1. The highest BCUT2D eigenvalue weighted by atomic mass is 35.5. The molecule has 1 N–H and O–H groups in total. The zero-order chi connectivity index (χ0) is 16.4. The number of anilines is 2. The first kappa shape index (κ1) is 16.3. The van der Waals surface area contributed by atoms with Gasteiger partial charge in [-0.25, -0.2) is 4.98 Å². The SMILES string of the molecule is Cc1sc(Nc2ccccc2Cl)nc1C(=O)N1CCC(C)CC1. The maximum atomic E-state index is 12.7. The molecule has 3 rings (SSSR count). The van der Waals surface area contributed by atoms with Crippen LogP contribution in [0.3, 0.4) is 0 Å². The second-order valence-electron chi connectivity index (χ2n) is 6.00. The van der Waals surface area contributed by atoms with E-state index in [4.69, 9.17) is 11.6 Å². The van der Waals surface area contributed by atoms with E-state index in [1.165, 1.54) is 11.3 Å². The Labute approximate surface area is 145 Å². The first-order valence-electron chi connectivity index (χ1n) is 7.83. The fraction of sp³-hybridized carbons (Fsp3) is 0.412. The minimum absolute atomic E-state index is 0.0397. The van der Waals surface area contributed by atoms with E-state index in [1.54, 1.807) is 0 Å². The van der Waals surface area contributed by atoms with Gasteiger partial charge < -0.3 is 10.2 Å². The second kappa shape index (κ2) is 6.89. The summed E-state index contributed by atoms with van der Waals surface area (Å²) >= 11 is 7.64. The average molecular weight is 350 g/mol. The molecule has 1 aliphatic heterocycles. The van der Waals surface area contributed by atoms with Gasteiger partial charge in [-0.3, -0.25) is 4.79 Å². The Morgan fingerprint density at radius 2 is 2.04 bits per heavy atom. The molecule has 23 heavy (non-hydrogen) atoms. The fourth-order valence-corrected chi connectivity index (χ4v) is 3.69. The third-order valence-electron chi connectivity index (χ3n) is 4.19. The Kier molecular flexibility index (Phi) is 4.87. The Balaban J connectivity index is 1.76. The molecule has 4 nitrogen and oxygen atoms in total. The lowest BCUT2D eigenvalue weighted by molar-refractivity contribution is 0.0691. The third-order valence-corrected chi connectivity index (χ3v) is 5.40. The van der Waals surface area contributed by atoms with E-state index in [1.807, 2.05) is 36.1 Å². The summed E-state index contributed by atoms with van der Waals surface area (Å²) in [5.74, 6) is 0.742. The minimum Gasteiger partial charge on any atom is -0.337 e. The maximum absolute atomic E-state index is 12.7. The summed E-state index contributed by atoms with van der Waals surface area (Å²) in [6, 6.07) is 7.51. The van der Waals surface area contributed by atoms with Gasteiger partial charge in [0.2, 0.25) is 0 Å². The number of para-hydroxylation sites is 1. The van der Waals surface area contributed by atoms with Crippen LogP contribution >= 0.6 is 22.9 Å². The van der Waals surface area contributed by atoms with Crippen LogP contribution in [0.15, 0.2) is 24.3 Å². The Morgan fingerprint density at radius 1 is 1.35 bits per heavy atom. The number of benzene rings is 1. The van der Waals surface area contributed by atoms with E-state index in [-0.39, 0.29) is 5.91 Å². The molecule has 1 aromatic heterocycles. The lowest BCUT2D eigenvalue weighted by Gasteiger charge is -2.29. The molecular weight excluding hydrogens is 330 g/mol. The molecule has 1 aromatic carbocycles. The first-order chi connectivity index (χ1) is 11.0. The van der Waals surface area contributed by atoms with Gasteiger partial charge in [-0.05, 0) is 37.8 Å². The van der Waals surface area contributed by atoms with Gasteiger partial charge in [0, 0.05) is 18.0 Å². The molecular formula is C17H20ClN3OS. The number of carbonyl (C=O) groups excluding carboxylic acids is 1. The van der Waals surface area contributed by atoms with Crippen LogP contribution in [-0.4, -0.2) is 28.9 Å². The van der Waals surface area contributed by atoms with E-state index in [0.29, 0.717) is 21.8 Å². The molecule has 0 atom stereocenters. The van der Waals surface area contributed by atoms with Crippen LogP contribution in [0.5, 0.6) is 0 Å². The predicted molar refractivity (Wildman–Crippen MR) is 95.9 cm³/mol. The molecule has 6 heteroatoms. The van der Waals surface area contributed by atoms with Crippen molar-refractivity contribution in [2.45, 2.75) is 26.7 Å². The van der Waals surface area contributed by atoms with Crippen molar-refractivity contribution in [1.29, 1.82) is 0 Å². The summed E-state index contributed by atoms with van der Waals surface area (Å²) in [6.07, 6.45) is 2.14. The molecule has 2 heterocycles. The molecule has 122 valence electrons. The summed E-state index contributed by atoms with van der Waals surface area (Å²) in [5, 5.41) is 4.54.